The minimum atomic E-state index is -0.552. The number of imidazole rings is 1. The number of hydrogen-bond acceptors (Lipinski definition) is 8. The lowest BCUT2D eigenvalue weighted by atomic mass is 10.3. The Bertz CT molecular complexity index is 1230. The first-order valence-corrected chi connectivity index (χ1v) is 8.96. The molecule has 0 aliphatic heterocycles. The first-order valence-electron chi connectivity index (χ1n) is 8.96. The van der Waals surface area contributed by atoms with E-state index in [9.17, 15) is 10.1 Å². The zero-order valence-electron chi connectivity index (χ0n) is 16.4. The maximum absolute atomic E-state index is 11.2. The van der Waals surface area contributed by atoms with Crippen LogP contribution in [0.4, 0.5) is 17.5 Å². The van der Waals surface area contributed by atoms with Crippen molar-refractivity contribution < 1.29 is 4.92 Å². The van der Waals surface area contributed by atoms with Gasteiger partial charge in [0.2, 0.25) is 0 Å². The van der Waals surface area contributed by atoms with Gasteiger partial charge in [-0.05, 0) is 31.8 Å². The molecule has 148 valence electrons. The monoisotopic (exact) mass is 393 g/mol. The molecule has 0 unspecified atom stereocenters. The molecule has 0 saturated heterocycles. The van der Waals surface area contributed by atoms with E-state index in [2.05, 4.69) is 48.8 Å². The fourth-order valence-electron chi connectivity index (χ4n) is 3.30. The summed E-state index contributed by atoms with van der Waals surface area (Å²) in [5.74, 6) is 1.89. The van der Waals surface area contributed by atoms with Crippen LogP contribution in [-0.4, -0.2) is 39.2 Å². The summed E-state index contributed by atoms with van der Waals surface area (Å²) in [6.07, 6.45) is 4.76. The van der Waals surface area contributed by atoms with Crippen molar-refractivity contribution >= 4 is 28.5 Å². The third-order valence-corrected chi connectivity index (χ3v) is 4.40. The number of nitrogens with one attached hydrogen (secondary N) is 1. The molecule has 4 aromatic heterocycles. The maximum atomic E-state index is 11.2. The second kappa shape index (κ2) is 6.93. The number of nitrogens with zero attached hydrogens (tertiary/aromatic N) is 8. The van der Waals surface area contributed by atoms with E-state index < -0.39 is 4.92 Å². The molecule has 0 aliphatic rings. The summed E-state index contributed by atoms with van der Waals surface area (Å²) in [6.45, 7) is 6.16. The van der Waals surface area contributed by atoms with Crippen molar-refractivity contribution in [3.05, 3.63) is 46.7 Å². The molecule has 4 aromatic rings. The lowest BCUT2D eigenvalue weighted by Crippen LogP contribution is -2.03. The molecule has 0 aliphatic carbocycles. The van der Waals surface area contributed by atoms with E-state index in [1.165, 1.54) is 17.1 Å². The lowest BCUT2D eigenvalue weighted by molar-refractivity contribution is -0.389. The lowest BCUT2D eigenvalue weighted by Gasteiger charge is -2.11. The van der Waals surface area contributed by atoms with Crippen LogP contribution >= 0.6 is 0 Å². The molecule has 11 heteroatoms. The van der Waals surface area contributed by atoms with E-state index >= 15 is 0 Å². The molecule has 0 bridgehead atoms. The Morgan fingerprint density at radius 1 is 1.21 bits per heavy atom. The third-order valence-electron chi connectivity index (χ3n) is 4.40. The summed E-state index contributed by atoms with van der Waals surface area (Å²) >= 11 is 0. The summed E-state index contributed by atoms with van der Waals surface area (Å²) in [7, 11) is 1.61. The number of nitro groups is 1. The van der Waals surface area contributed by atoms with Gasteiger partial charge in [-0.3, -0.25) is 0 Å². The minimum Gasteiger partial charge on any atom is -0.358 e. The Hall–Kier alpha value is -3.89. The summed E-state index contributed by atoms with van der Waals surface area (Å²) in [6, 6.07) is 3.83. The van der Waals surface area contributed by atoms with Gasteiger partial charge >= 0.3 is 5.82 Å². The van der Waals surface area contributed by atoms with Gasteiger partial charge in [0.25, 0.3) is 0 Å². The molecule has 1 N–H and O–H groups in total. The molecule has 4 heterocycles. The van der Waals surface area contributed by atoms with Gasteiger partial charge in [0.05, 0.1) is 30.1 Å². The highest BCUT2D eigenvalue weighted by Gasteiger charge is 2.23. The average molecular weight is 393 g/mol. The molecular weight excluding hydrogens is 374 g/mol. The predicted octanol–water partition coefficient (Wildman–Crippen LogP) is 3.16. The molecule has 0 aromatic carbocycles. The quantitative estimate of drug-likeness (QED) is 0.404. The number of aryl methyl sites for hydroxylation is 2. The Morgan fingerprint density at radius 3 is 2.72 bits per heavy atom. The highest BCUT2D eigenvalue weighted by molar-refractivity contribution is 5.79. The van der Waals surface area contributed by atoms with Crippen LogP contribution in [0.25, 0.3) is 22.4 Å². The Kier molecular flexibility index (Phi) is 4.41. The van der Waals surface area contributed by atoms with Crippen molar-refractivity contribution in [3.8, 4) is 11.4 Å². The molecule has 11 nitrogen and oxygen atoms in total. The molecule has 4 rings (SSSR count). The van der Waals surface area contributed by atoms with Crippen LogP contribution < -0.4 is 5.32 Å². The Labute approximate surface area is 165 Å². The van der Waals surface area contributed by atoms with Gasteiger partial charge in [-0.2, -0.15) is 4.68 Å². The van der Waals surface area contributed by atoms with Crippen molar-refractivity contribution in [2.45, 2.75) is 26.8 Å². The molecule has 0 fully saturated rings. The normalized spacial score (nSPS) is 11.3. The van der Waals surface area contributed by atoms with E-state index in [1.54, 1.807) is 19.3 Å². The van der Waals surface area contributed by atoms with E-state index in [0.717, 1.165) is 16.9 Å². The second-order valence-corrected chi connectivity index (χ2v) is 6.87. The molecule has 29 heavy (non-hydrogen) atoms. The van der Waals surface area contributed by atoms with Crippen LogP contribution in [0.15, 0.2) is 30.7 Å². The minimum absolute atomic E-state index is 0.207. The van der Waals surface area contributed by atoms with Gasteiger partial charge in [-0.1, -0.05) is 0 Å². The highest BCUT2D eigenvalue weighted by atomic mass is 16.6. The maximum Gasteiger partial charge on any atom is 0.401 e. The largest absolute Gasteiger partial charge is 0.401 e. The topological polar surface area (TPSA) is 129 Å². The Morgan fingerprint density at radius 2 is 2.00 bits per heavy atom. The SMILES string of the molecule is Cc1nc2cnc(Nc3ccnc(-c4cn(C)nc4[N+](=O)[O-])n3)cc2n1C(C)C. The van der Waals surface area contributed by atoms with Crippen molar-refractivity contribution in [3.63, 3.8) is 0 Å². The van der Waals surface area contributed by atoms with Gasteiger partial charge in [-0.25, -0.2) is 19.9 Å². The standard InChI is InChI=1S/C18H19N9O2/c1-10(2)26-11(3)21-13-8-20-16(7-14(13)26)22-15-5-6-19-17(23-15)12-9-25(4)24-18(12)27(28)29/h5-10H,1-4H3,(H,19,20,22,23). The van der Waals surface area contributed by atoms with E-state index in [1.807, 2.05) is 13.0 Å². The smallest absolute Gasteiger partial charge is 0.358 e. The van der Waals surface area contributed by atoms with Crippen LogP contribution in [0.1, 0.15) is 25.7 Å². The van der Waals surface area contributed by atoms with Crippen LogP contribution in [0.5, 0.6) is 0 Å². The predicted molar refractivity (Wildman–Crippen MR) is 107 cm³/mol. The summed E-state index contributed by atoms with van der Waals surface area (Å²) < 4.78 is 3.49. The van der Waals surface area contributed by atoms with Crippen molar-refractivity contribution in [1.29, 1.82) is 0 Å². The molecule has 0 spiro atoms. The first kappa shape index (κ1) is 18.5. The highest BCUT2D eigenvalue weighted by Crippen LogP contribution is 2.27. The third kappa shape index (κ3) is 3.37. The number of hydrogen-bond donors (Lipinski definition) is 1. The molecule has 0 atom stereocenters. The first-order chi connectivity index (χ1) is 13.8. The van der Waals surface area contributed by atoms with Gasteiger partial charge in [0.15, 0.2) is 5.82 Å². The van der Waals surface area contributed by atoms with Crippen molar-refractivity contribution in [2.75, 3.05) is 5.32 Å². The van der Waals surface area contributed by atoms with Gasteiger partial charge in [0.1, 0.15) is 28.5 Å². The fraction of sp³-hybridized carbons (Fsp3) is 0.278. The number of aromatic nitrogens is 7. The molecule has 0 amide bonds. The second-order valence-electron chi connectivity index (χ2n) is 6.87. The van der Waals surface area contributed by atoms with E-state index in [4.69, 9.17) is 0 Å². The van der Waals surface area contributed by atoms with Gasteiger partial charge in [0, 0.05) is 18.3 Å². The van der Waals surface area contributed by atoms with Gasteiger partial charge in [-0.15, -0.1) is 0 Å². The summed E-state index contributed by atoms with van der Waals surface area (Å²) in [4.78, 5) is 28.2. The zero-order chi connectivity index (χ0) is 20.7. The number of anilines is 2. The summed E-state index contributed by atoms with van der Waals surface area (Å²) in [5.41, 5.74) is 2.03. The van der Waals surface area contributed by atoms with E-state index in [0.29, 0.717) is 11.6 Å². The van der Waals surface area contributed by atoms with Crippen LogP contribution in [0.3, 0.4) is 0 Å². The van der Waals surface area contributed by atoms with Crippen LogP contribution in [0.2, 0.25) is 0 Å². The summed E-state index contributed by atoms with van der Waals surface area (Å²) in [5, 5.41) is 18.2. The van der Waals surface area contributed by atoms with Crippen LogP contribution in [0, 0.1) is 17.0 Å². The Balaban J connectivity index is 1.70. The molecule has 0 saturated carbocycles. The number of pyridine rings is 1. The van der Waals surface area contributed by atoms with E-state index in [-0.39, 0.29) is 23.2 Å². The molecular formula is C18H19N9O2. The fourth-order valence-corrected chi connectivity index (χ4v) is 3.30. The van der Waals surface area contributed by atoms with Crippen molar-refractivity contribution in [2.24, 2.45) is 7.05 Å². The van der Waals surface area contributed by atoms with Crippen LogP contribution in [-0.2, 0) is 7.05 Å². The van der Waals surface area contributed by atoms with Gasteiger partial charge < -0.3 is 20.0 Å². The zero-order valence-corrected chi connectivity index (χ0v) is 16.4. The number of rotatable bonds is 5. The molecule has 0 radical (unpaired) electrons. The number of fused-ring (bicyclic) bond motifs is 1. The average Bonchev–Trinajstić information content (AvgIpc) is 3.21. The van der Waals surface area contributed by atoms with Crippen molar-refractivity contribution in [1.82, 2.24) is 34.3 Å².